The predicted octanol–water partition coefficient (Wildman–Crippen LogP) is 4.23. The average Bonchev–Trinajstić information content (AvgIpc) is 3.67. The Kier molecular flexibility index (Phi) is 5.26. The monoisotopic (exact) mass is 491 g/mol. The number of nitrogens with zero attached hydrogens (tertiary/aromatic N) is 3. The lowest BCUT2D eigenvalue weighted by Crippen LogP contribution is -2.26. The van der Waals surface area contributed by atoms with Gasteiger partial charge in [-0.25, -0.2) is 4.98 Å². The molecule has 2 unspecified atom stereocenters. The third-order valence-corrected chi connectivity index (χ3v) is 8.07. The summed E-state index contributed by atoms with van der Waals surface area (Å²) in [6, 6.07) is 3.18. The van der Waals surface area contributed by atoms with E-state index in [-0.39, 0.29) is 39.8 Å². The van der Waals surface area contributed by atoms with Crippen LogP contribution in [0.2, 0.25) is 0 Å². The van der Waals surface area contributed by atoms with E-state index < -0.39 is 5.91 Å². The lowest BCUT2D eigenvalue weighted by molar-refractivity contribution is -0.00627. The van der Waals surface area contributed by atoms with Crippen molar-refractivity contribution in [1.29, 1.82) is 0 Å². The van der Waals surface area contributed by atoms with Crippen molar-refractivity contribution in [3.05, 3.63) is 52.3 Å². The molecular weight excluding hydrogens is 458 g/mol. The van der Waals surface area contributed by atoms with Gasteiger partial charge in [0.25, 0.3) is 11.5 Å². The van der Waals surface area contributed by atoms with E-state index in [4.69, 9.17) is 14.5 Å². The van der Waals surface area contributed by atoms with Gasteiger partial charge in [-0.15, -0.1) is 0 Å². The van der Waals surface area contributed by atoms with Gasteiger partial charge in [0, 0.05) is 24.0 Å². The summed E-state index contributed by atoms with van der Waals surface area (Å²) >= 11 is 0. The summed E-state index contributed by atoms with van der Waals surface area (Å²) in [5.41, 5.74) is 1.73. The Morgan fingerprint density at radius 3 is 2.50 bits per heavy atom. The Morgan fingerprint density at radius 1 is 1.17 bits per heavy atom. The molecule has 2 bridgehead atoms. The summed E-state index contributed by atoms with van der Waals surface area (Å²) in [4.78, 5) is 36.8. The van der Waals surface area contributed by atoms with Crippen molar-refractivity contribution in [3.63, 3.8) is 0 Å². The van der Waals surface area contributed by atoms with E-state index in [0.717, 1.165) is 30.4 Å². The molecule has 1 spiro atoms. The van der Waals surface area contributed by atoms with Crippen molar-refractivity contribution in [2.75, 3.05) is 11.9 Å². The van der Waals surface area contributed by atoms with Crippen molar-refractivity contribution in [2.45, 2.75) is 82.8 Å². The van der Waals surface area contributed by atoms with Crippen LogP contribution in [0, 0.1) is 5.41 Å². The van der Waals surface area contributed by atoms with E-state index >= 15 is 0 Å². The summed E-state index contributed by atoms with van der Waals surface area (Å²) in [7, 11) is 0. The van der Waals surface area contributed by atoms with Crippen LogP contribution in [0.15, 0.2) is 35.5 Å². The number of H-pyrrole nitrogens is 1. The number of amides is 1. The topological polar surface area (TPSA) is 111 Å². The number of anilines is 1. The second-order valence-electron chi connectivity index (χ2n) is 11.5. The number of carbonyl (C=O) groups excluding carboxylic acids is 1. The first-order valence-electron chi connectivity index (χ1n) is 12.9. The maximum absolute atomic E-state index is 13.0. The van der Waals surface area contributed by atoms with E-state index in [1.54, 1.807) is 42.3 Å². The standard InChI is InChI=1S/C22H25N5O4.C5H8/c1-13(2)31-19-14(17(28)24-15-5-4-8-23-18(15)29)9-27-10-16(25-20(27)26-19)22-7-6-21(3,11-22)30-12-22;1-2-5(1)3-4-5/h4-5,8-10,13H,6-7,11-12H2,1-3H3,(H,23,29)(H,24,28);1-4H2. The first kappa shape index (κ1) is 23.2. The van der Waals surface area contributed by atoms with Crippen molar-refractivity contribution < 1.29 is 14.3 Å². The molecule has 3 aliphatic carbocycles. The number of nitrogens with one attached hydrogen (secondary N) is 2. The second-order valence-corrected chi connectivity index (χ2v) is 11.5. The van der Waals surface area contributed by atoms with Gasteiger partial charge in [0.1, 0.15) is 11.3 Å². The molecule has 4 aliphatic rings. The van der Waals surface area contributed by atoms with Crippen LogP contribution in [-0.2, 0) is 10.2 Å². The molecule has 3 aromatic heterocycles. The molecule has 9 heteroatoms. The SMILES string of the molecule is C1CC12CC2.CC(C)Oc1nc2nc(C34CCC(C)(C3)OC4)cn2cc1C(=O)Nc1ccc[nH]c1=O. The molecule has 2 N–H and O–H groups in total. The maximum Gasteiger partial charge on any atom is 0.271 e. The molecule has 3 aromatic rings. The fraction of sp³-hybridized carbons (Fsp3) is 0.556. The van der Waals surface area contributed by atoms with E-state index in [0.29, 0.717) is 12.4 Å². The summed E-state index contributed by atoms with van der Waals surface area (Å²) < 4.78 is 13.6. The van der Waals surface area contributed by atoms with E-state index in [9.17, 15) is 9.59 Å². The molecule has 9 nitrogen and oxygen atoms in total. The van der Waals surface area contributed by atoms with E-state index in [1.165, 1.54) is 12.3 Å². The maximum atomic E-state index is 13.0. The Hall–Kier alpha value is -3.20. The summed E-state index contributed by atoms with van der Waals surface area (Å²) in [6.45, 7) is 6.52. The zero-order chi connectivity index (χ0) is 25.1. The van der Waals surface area contributed by atoms with Crippen molar-refractivity contribution in [3.8, 4) is 5.88 Å². The number of hydrogen-bond acceptors (Lipinski definition) is 6. The molecule has 36 heavy (non-hydrogen) atoms. The molecule has 3 saturated carbocycles. The van der Waals surface area contributed by atoms with Gasteiger partial charge >= 0.3 is 0 Å². The van der Waals surface area contributed by atoms with E-state index in [1.807, 2.05) is 20.0 Å². The van der Waals surface area contributed by atoms with Gasteiger partial charge in [-0.3, -0.25) is 14.0 Å². The van der Waals surface area contributed by atoms with Crippen LogP contribution in [0.25, 0.3) is 5.78 Å². The van der Waals surface area contributed by atoms with E-state index in [2.05, 4.69) is 22.2 Å². The molecule has 4 fully saturated rings. The normalized spacial score (nSPS) is 26.7. The molecule has 2 atom stereocenters. The van der Waals surface area contributed by atoms with Crippen molar-refractivity contribution in [2.24, 2.45) is 5.41 Å². The average molecular weight is 492 g/mol. The second kappa shape index (κ2) is 8.16. The highest BCUT2D eigenvalue weighted by Gasteiger charge is 2.55. The number of hydrogen-bond donors (Lipinski definition) is 2. The van der Waals surface area contributed by atoms with Crippen LogP contribution in [0.1, 0.15) is 81.8 Å². The summed E-state index contributed by atoms with van der Waals surface area (Å²) in [6.07, 6.45) is 14.1. The smallest absolute Gasteiger partial charge is 0.271 e. The van der Waals surface area contributed by atoms with Crippen molar-refractivity contribution >= 4 is 17.4 Å². The molecule has 1 amide bonds. The van der Waals surface area contributed by atoms with Gasteiger partial charge in [0.2, 0.25) is 11.7 Å². The Bertz CT molecular complexity index is 1360. The molecular formula is C27H33N5O4. The minimum atomic E-state index is -0.479. The first-order chi connectivity index (χ1) is 17.2. The van der Waals surface area contributed by atoms with Crippen LogP contribution in [-0.4, -0.2) is 43.6 Å². The van der Waals surface area contributed by atoms with Crippen LogP contribution >= 0.6 is 0 Å². The van der Waals surface area contributed by atoms with Crippen molar-refractivity contribution in [1.82, 2.24) is 19.4 Å². The van der Waals surface area contributed by atoms with Crippen LogP contribution in [0.3, 0.4) is 0 Å². The molecule has 0 aromatic carbocycles. The molecule has 7 rings (SSSR count). The highest BCUT2D eigenvalue weighted by molar-refractivity contribution is 6.05. The predicted molar refractivity (Wildman–Crippen MR) is 135 cm³/mol. The van der Waals surface area contributed by atoms with Crippen LogP contribution in [0.4, 0.5) is 5.69 Å². The number of ether oxygens (including phenoxy) is 2. The lowest BCUT2D eigenvalue weighted by Gasteiger charge is -2.24. The molecule has 190 valence electrons. The Labute approximate surface area is 209 Å². The Balaban J connectivity index is 0.000000421. The molecule has 1 saturated heterocycles. The minimum absolute atomic E-state index is 0.0804. The number of aromatic nitrogens is 4. The van der Waals surface area contributed by atoms with Crippen LogP contribution < -0.4 is 15.6 Å². The number of imidazole rings is 1. The lowest BCUT2D eigenvalue weighted by atomic mass is 9.84. The van der Waals surface area contributed by atoms with Gasteiger partial charge < -0.3 is 19.8 Å². The molecule has 4 heterocycles. The van der Waals surface area contributed by atoms with Gasteiger partial charge in [-0.2, -0.15) is 4.98 Å². The minimum Gasteiger partial charge on any atom is -0.474 e. The fourth-order valence-electron chi connectivity index (χ4n) is 5.44. The van der Waals surface area contributed by atoms with Gasteiger partial charge in [-0.1, -0.05) is 0 Å². The summed E-state index contributed by atoms with van der Waals surface area (Å²) in [5, 5.41) is 2.64. The third kappa shape index (κ3) is 4.30. The fourth-order valence-corrected chi connectivity index (χ4v) is 5.44. The zero-order valence-corrected chi connectivity index (χ0v) is 21.1. The largest absolute Gasteiger partial charge is 0.474 e. The number of fused-ring (bicyclic) bond motifs is 3. The number of aromatic amines is 1. The van der Waals surface area contributed by atoms with Gasteiger partial charge in [-0.05, 0) is 83.3 Å². The van der Waals surface area contributed by atoms with Gasteiger partial charge in [0.05, 0.1) is 24.0 Å². The van der Waals surface area contributed by atoms with Gasteiger partial charge in [0.15, 0.2) is 0 Å². The quantitative estimate of drug-likeness (QED) is 0.553. The summed E-state index contributed by atoms with van der Waals surface area (Å²) in [5.74, 6) is 0.170. The first-order valence-corrected chi connectivity index (χ1v) is 12.9. The zero-order valence-electron chi connectivity index (χ0n) is 21.1. The highest BCUT2D eigenvalue weighted by atomic mass is 16.5. The molecule has 0 radical (unpaired) electrons. The third-order valence-electron chi connectivity index (χ3n) is 8.07. The molecule has 1 aliphatic heterocycles. The highest BCUT2D eigenvalue weighted by Crippen LogP contribution is 2.65. The number of carbonyl (C=O) groups is 1. The number of rotatable bonds is 5. The number of pyridine rings is 1. The Morgan fingerprint density at radius 2 is 1.94 bits per heavy atom. The van der Waals surface area contributed by atoms with Crippen LogP contribution in [0.5, 0.6) is 5.88 Å².